The fraction of sp³-hybridized carbons (Fsp3) is 0.500. The van der Waals surface area contributed by atoms with E-state index in [9.17, 15) is 19.8 Å². The molecule has 0 heterocycles. The first-order valence-corrected chi connectivity index (χ1v) is 7.14. The Kier molecular flexibility index (Phi) is 6.53. The number of ether oxygens (including phenoxy) is 2. The van der Waals surface area contributed by atoms with Gasteiger partial charge in [0.15, 0.2) is 6.29 Å². The zero-order chi connectivity index (χ0) is 17.6. The molecule has 0 radical (unpaired) electrons. The van der Waals surface area contributed by atoms with Crippen LogP contribution in [0.25, 0.3) is 0 Å². The van der Waals surface area contributed by atoms with E-state index in [1.54, 1.807) is 20.8 Å². The molecule has 23 heavy (non-hydrogen) atoms. The molecule has 2 unspecified atom stereocenters. The Morgan fingerprint density at radius 3 is 2.52 bits per heavy atom. The van der Waals surface area contributed by atoms with Gasteiger partial charge in [0.1, 0.15) is 23.6 Å². The van der Waals surface area contributed by atoms with E-state index >= 15 is 0 Å². The molecule has 0 aromatic heterocycles. The molecule has 7 heteroatoms. The number of aliphatic hydroxyl groups is 2. The van der Waals surface area contributed by atoms with Gasteiger partial charge in [-0.3, -0.25) is 4.79 Å². The molecule has 0 aliphatic heterocycles. The first-order chi connectivity index (χ1) is 10.7. The van der Waals surface area contributed by atoms with Crippen LogP contribution in [0.15, 0.2) is 18.2 Å². The van der Waals surface area contributed by atoms with Crippen molar-refractivity contribution in [3.05, 3.63) is 29.3 Å². The summed E-state index contributed by atoms with van der Waals surface area (Å²) < 4.78 is 10.1. The number of methoxy groups -OCH3 is 1. The fourth-order valence-electron chi connectivity index (χ4n) is 1.84. The Balaban J connectivity index is 2.68. The van der Waals surface area contributed by atoms with E-state index in [0.717, 1.165) is 0 Å². The quantitative estimate of drug-likeness (QED) is 0.683. The largest absolute Gasteiger partial charge is 0.496 e. The number of carbonyl (C=O) groups excluding carboxylic acids is 2. The summed E-state index contributed by atoms with van der Waals surface area (Å²) in [5, 5.41) is 22.5. The topological polar surface area (TPSA) is 105 Å². The number of carbonyl (C=O) groups is 2. The second kappa shape index (κ2) is 7.94. The predicted molar refractivity (Wildman–Crippen MR) is 83.6 cm³/mol. The van der Waals surface area contributed by atoms with E-state index in [1.165, 1.54) is 25.3 Å². The molecular formula is C16H23NO6. The van der Waals surface area contributed by atoms with Crippen LogP contribution in [0.1, 0.15) is 42.8 Å². The molecule has 0 saturated carbocycles. The normalized spacial score (nSPS) is 13.8. The number of hydrogen-bond acceptors (Lipinski definition) is 6. The van der Waals surface area contributed by atoms with Crippen molar-refractivity contribution >= 4 is 12.4 Å². The van der Waals surface area contributed by atoms with Crippen molar-refractivity contribution in [3.8, 4) is 5.75 Å². The highest BCUT2D eigenvalue weighted by atomic mass is 16.6. The molecule has 0 aliphatic carbocycles. The van der Waals surface area contributed by atoms with E-state index in [2.05, 4.69) is 5.32 Å². The monoisotopic (exact) mass is 325 g/mol. The average molecular weight is 325 g/mol. The van der Waals surface area contributed by atoms with Crippen LogP contribution in [0.3, 0.4) is 0 Å². The van der Waals surface area contributed by atoms with Gasteiger partial charge in [0.2, 0.25) is 0 Å². The summed E-state index contributed by atoms with van der Waals surface area (Å²) >= 11 is 0. The van der Waals surface area contributed by atoms with E-state index in [1.807, 2.05) is 0 Å². The second-order valence-corrected chi connectivity index (χ2v) is 6.01. The molecular weight excluding hydrogens is 302 g/mol. The highest BCUT2D eigenvalue weighted by Crippen LogP contribution is 2.24. The first kappa shape index (κ1) is 18.9. The molecule has 1 amide bonds. The van der Waals surface area contributed by atoms with Gasteiger partial charge in [0.25, 0.3) is 0 Å². The number of amides is 1. The molecule has 0 aliphatic rings. The molecule has 2 atom stereocenters. The van der Waals surface area contributed by atoms with Crippen LogP contribution in [0.5, 0.6) is 5.75 Å². The summed E-state index contributed by atoms with van der Waals surface area (Å²) in [5.41, 5.74) is 0.0573. The third kappa shape index (κ3) is 5.88. The van der Waals surface area contributed by atoms with E-state index in [-0.39, 0.29) is 6.54 Å². The lowest BCUT2D eigenvalue weighted by Gasteiger charge is -2.22. The summed E-state index contributed by atoms with van der Waals surface area (Å²) in [7, 11) is 1.40. The van der Waals surface area contributed by atoms with Crippen molar-refractivity contribution in [1.82, 2.24) is 5.32 Å². The summed E-state index contributed by atoms with van der Waals surface area (Å²) in [6.07, 6.45) is -2.54. The van der Waals surface area contributed by atoms with E-state index in [4.69, 9.17) is 9.47 Å². The van der Waals surface area contributed by atoms with Crippen LogP contribution in [0.2, 0.25) is 0 Å². The number of nitrogens with one attached hydrogen (secondary N) is 1. The Bertz CT molecular complexity index is 552. The van der Waals surface area contributed by atoms with Gasteiger partial charge in [-0.2, -0.15) is 0 Å². The molecule has 1 rings (SSSR count). The van der Waals surface area contributed by atoms with Gasteiger partial charge >= 0.3 is 6.09 Å². The molecule has 7 nitrogen and oxygen atoms in total. The van der Waals surface area contributed by atoms with Crippen molar-refractivity contribution in [2.24, 2.45) is 0 Å². The highest BCUT2D eigenvalue weighted by Gasteiger charge is 2.22. The minimum absolute atomic E-state index is 0.187. The van der Waals surface area contributed by atoms with Gasteiger partial charge in [0, 0.05) is 6.54 Å². The predicted octanol–water partition coefficient (Wildman–Crippen LogP) is 1.43. The van der Waals surface area contributed by atoms with Crippen molar-refractivity contribution in [1.29, 1.82) is 0 Å². The van der Waals surface area contributed by atoms with Gasteiger partial charge in [-0.25, -0.2) is 4.79 Å². The average Bonchev–Trinajstić information content (AvgIpc) is 2.49. The highest BCUT2D eigenvalue weighted by molar-refractivity contribution is 5.79. The third-order valence-corrected chi connectivity index (χ3v) is 2.94. The van der Waals surface area contributed by atoms with Gasteiger partial charge in [-0.15, -0.1) is 0 Å². The maximum Gasteiger partial charge on any atom is 0.407 e. The molecule has 0 fully saturated rings. The van der Waals surface area contributed by atoms with Crippen molar-refractivity contribution in [3.63, 3.8) is 0 Å². The van der Waals surface area contributed by atoms with Crippen molar-refractivity contribution in [2.45, 2.75) is 38.6 Å². The standard InChI is InChI=1S/C16H23NO6/c1-16(2,3)23-15(21)17-8-12(19)14(20)10-5-6-11(9-18)13(7-10)22-4/h5-7,9,12,14,19-20H,8H2,1-4H3,(H,17,21). The minimum Gasteiger partial charge on any atom is -0.496 e. The molecule has 128 valence electrons. The van der Waals surface area contributed by atoms with Crippen LogP contribution < -0.4 is 10.1 Å². The minimum atomic E-state index is -1.25. The van der Waals surface area contributed by atoms with Gasteiger partial charge in [-0.1, -0.05) is 6.07 Å². The van der Waals surface area contributed by atoms with Crippen LogP contribution in [0, 0.1) is 0 Å². The zero-order valence-corrected chi connectivity index (χ0v) is 13.7. The Morgan fingerprint density at radius 2 is 2.00 bits per heavy atom. The molecule has 1 aromatic carbocycles. The zero-order valence-electron chi connectivity index (χ0n) is 13.7. The number of benzene rings is 1. The number of aldehydes is 1. The van der Waals surface area contributed by atoms with Gasteiger partial charge in [-0.05, 0) is 38.5 Å². The number of aliphatic hydroxyl groups excluding tert-OH is 2. The van der Waals surface area contributed by atoms with E-state index in [0.29, 0.717) is 23.2 Å². The molecule has 3 N–H and O–H groups in total. The van der Waals surface area contributed by atoms with Crippen LogP contribution in [-0.2, 0) is 4.74 Å². The summed E-state index contributed by atoms with van der Waals surface area (Å²) in [6, 6.07) is 4.46. The number of hydrogen-bond donors (Lipinski definition) is 3. The Hall–Kier alpha value is -2.12. The number of rotatable bonds is 6. The SMILES string of the molecule is COc1cc(C(O)C(O)CNC(=O)OC(C)(C)C)ccc1C=O. The lowest BCUT2D eigenvalue weighted by molar-refractivity contribution is 0.0128. The molecule has 1 aromatic rings. The molecule has 0 spiro atoms. The van der Waals surface area contributed by atoms with Gasteiger partial charge < -0.3 is 25.0 Å². The summed E-state index contributed by atoms with van der Waals surface area (Å²) in [5.74, 6) is 0.295. The second-order valence-electron chi connectivity index (χ2n) is 6.01. The summed E-state index contributed by atoms with van der Waals surface area (Å²) in [4.78, 5) is 22.4. The lowest BCUT2D eigenvalue weighted by atomic mass is 10.0. The Morgan fingerprint density at radius 1 is 1.35 bits per heavy atom. The lowest BCUT2D eigenvalue weighted by Crippen LogP contribution is -2.38. The third-order valence-electron chi connectivity index (χ3n) is 2.94. The van der Waals surface area contributed by atoms with Crippen molar-refractivity contribution in [2.75, 3.05) is 13.7 Å². The summed E-state index contributed by atoms with van der Waals surface area (Å²) in [6.45, 7) is 4.98. The van der Waals surface area contributed by atoms with Gasteiger partial charge in [0.05, 0.1) is 12.7 Å². The molecule has 0 saturated heterocycles. The maximum absolute atomic E-state index is 11.5. The van der Waals surface area contributed by atoms with Crippen LogP contribution >= 0.6 is 0 Å². The number of alkyl carbamates (subject to hydrolysis) is 1. The fourth-order valence-corrected chi connectivity index (χ4v) is 1.84. The Labute approximate surface area is 135 Å². The van der Waals surface area contributed by atoms with Crippen molar-refractivity contribution < 1.29 is 29.3 Å². The first-order valence-electron chi connectivity index (χ1n) is 7.14. The van der Waals surface area contributed by atoms with Crippen LogP contribution in [-0.4, -0.2) is 48.0 Å². The maximum atomic E-state index is 11.5. The van der Waals surface area contributed by atoms with E-state index < -0.39 is 23.9 Å². The molecule has 0 bridgehead atoms. The smallest absolute Gasteiger partial charge is 0.407 e. The van der Waals surface area contributed by atoms with Crippen LogP contribution in [0.4, 0.5) is 4.79 Å².